The number of carbonyl (C=O) groups excluding carboxylic acids is 3. The highest BCUT2D eigenvalue weighted by Crippen LogP contribution is 2.32. The van der Waals surface area contributed by atoms with Gasteiger partial charge in [-0.05, 0) is 107 Å². The molecule has 10 heteroatoms. The van der Waals surface area contributed by atoms with Crippen molar-refractivity contribution >= 4 is 58.3 Å². The molecule has 0 radical (unpaired) electrons. The minimum atomic E-state index is -1.00. The van der Waals surface area contributed by atoms with Crippen LogP contribution in [0.1, 0.15) is 74.8 Å². The number of aromatic carboxylic acids is 1. The zero-order valence-corrected chi connectivity index (χ0v) is 31.2. The first-order valence-corrected chi connectivity index (χ1v) is 18.2. The number of hydrogen-bond acceptors (Lipinski definition) is 5. The number of carboxylic acid groups (broad SMARTS) is 1. The maximum Gasteiger partial charge on any atom is 0.338 e. The Morgan fingerprint density at radius 2 is 1.04 bits per heavy atom. The molecule has 55 heavy (non-hydrogen) atoms. The number of ether oxygens (including phenoxy) is 1. The van der Waals surface area contributed by atoms with Crippen molar-refractivity contribution in [1.82, 2.24) is 0 Å². The van der Waals surface area contributed by atoms with Crippen LogP contribution in [0.2, 0.25) is 10.0 Å². The third kappa shape index (κ3) is 8.01. The lowest BCUT2D eigenvalue weighted by molar-refractivity contribution is 0.0598. The molecule has 6 aromatic carbocycles. The summed E-state index contributed by atoms with van der Waals surface area (Å²) in [5.74, 6) is -1.42. The number of hydrogen-bond donors (Lipinski definition) is 1. The van der Waals surface area contributed by atoms with Crippen LogP contribution in [0.4, 0.5) is 11.4 Å². The number of anilines is 2. The highest BCUT2D eigenvalue weighted by atomic mass is 35.5. The van der Waals surface area contributed by atoms with E-state index in [-0.39, 0.29) is 17.4 Å². The lowest BCUT2D eigenvalue weighted by Gasteiger charge is -2.15. The maximum atomic E-state index is 12.7. The zero-order chi connectivity index (χ0) is 38.6. The molecule has 0 aliphatic carbocycles. The molecule has 2 heterocycles. The topological polar surface area (TPSA) is 104 Å². The van der Waals surface area contributed by atoms with Crippen LogP contribution in [0.3, 0.4) is 0 Å². The number of esters is 1. The van der Waals surface area contributed by atoms with Gasteiger partial charge in [-0.2, -0.15) is 0 Å². The average molecular weight is 770 g/mol. The Kier molecular flexibility index (Phi) is 10.8. The molecular formula is C45H34Cl2N2O6. The van der Waals surface area contributed by atoms with Gasteiger partial charge in [0.1, 0.15) is 0 Å². The molecule has 6 aromatic rings. The van der Waals surface area contributed by atoms with Gasteiger partial charge in [-0.15, -0.1) is 0 Å². The fourth-order valence-corrected chi connectivity index (χ4v) is 7.29. The molecule has 1 N–H and O–H groups in total. The minimum Gasteiger partial charge on any atom is -0.478 e. The Morgan fingerprint density at radius 3 is 1.47 bits per heavy atom. The molecule has 0 fully saturated rings. The number of halogens is 2. The summed E-state index contributed by atoms with van der Waals surface area (Å²) < 4.78 is 4.87. The highest BCUT2D eigenvalue weighted by molar-refractivity contribution is 6.31. The van der Waals surface area contributed by atoms with Crippen LogP contribution in [0.25, 0.3) is 0 Å². The van der Waals surface area contributed by atoms with E-state index >= 15 is 0 Å². The van der Waals surface area contributed by atoms with Gasteiger partial charge < -0.3 is 19.6 Å². The van der Waals surface area contributed by atoms with Crippen molar-refractivity contribution in [2.24, 2.45) is 0 Å². The molecular weight excluding hydrogens is 735 g/mol. The number of fused-ring (bicyclic) bond motifs is 2. The van der Waals surface area contributed by atoms with Crippen molar-refractivity contribution in [2.75, 3.05) is 16.9 Å². The van der Waals surface area contributed by atoms with Crippen LogP contribution in [0.15, 0.2) is 133 Å². The molecule has 0 aromatic heterocycles. The molecule has 8 nitrogen and oxygen atoms in total. The Labute approximate surface area is 328 Å². The largest absolute Gasteiger partial charge is 0.478 e. The van der Waals surface area contributed by atoms with E-state index in [1.807, 2.05) is 103 Å². The predicted molar refractivity (Wildman–Crippen MR) is 214 cm³/mol. The molecule has 2 aliphatic rings. The molecule has 0 bridgehead atoms. The van der Waals surface area contributed by atoms with Gasteiger partial charge in [-0.25, -0.2) is 9.59 Å². The van der Waals surface area contributed by atoms with Crippen LogP contribution < -0.4 is 9.80 Å². The third-order valence-corrected chi connectivity index (χ3v) is 10.1. The minimum absolute atomic E-state index is 0.00879. The summed E-state index contributed by atoms with van der Waals surface area (Å²) >= 11 is 12.0. The zero-order valence-electron chi connectivity index (χ0n) is 29.7. The van der Waals surface area contributed by atoms with Crippen LogP contribution in [-0.2, 0) is 30.7 Å². The van der Waals surface area contributed by atoms with Crippen molar-refractivity contribution in [3.63, 3.8) is 0 Å². The van der Waals surface area contributed by atoms with E-state index in [2.05, 4.69) is 0 Å². The second-order valence-corrected chi connectivity index (χ2v) is 14.1. The van der Waals surface area contributed by atoms with Crippen LogP contribution in [0.5, 0.6) is 0 Å². The molecule has 274 valence electrons. The average Bonchev–Trinajstić information content (AvgIpc) is 3.71. The standard InChI is InChI=1S/C23H18ClNO3.C22H16ClNO3/c1-28-23(27)21-13-18(24)9-8-16(21)11-15-7-10-20-17(12-15)14-25(22(20)26)19-5-3-2-4-6-19;23-17-8-7-15(20(12-17)22(26)27)10-14-6-9-19-16(11-14)13-24(21(19)25)18-4-2-1-3-5-18/h2-10,12-13H,11,14H2,1H3;1-9,11-12H,10,13H2,(H,26,27). The lowest BCUT2D eigenvalue weighted by Crippen LogP contribution is -2.22. The highest BCUT2D eigenvalue weighted by Gasteiger charge is 2.30. The lowest BCUT2D eigenvalue weighted by atomic mass is 9.97. The predicted octanol–water partition coefficient (Wildman–Crippen LogP) is 9.67. The number of amides is 2. The van der Waals surface area contributed by atoms with Gasteiger partial charge in [0.25, 0.3) is 11.8 Å². The van der Waals surface area contributed by atoms with Crippen LogP contribution >= 0.6 is 23.2 Å². The van der Waals surface area contributed by atoms with Gasteiger partial charge >= 0.3 is 11.9 Å². The number of methoxy groups -OCH3 is 1. The van der Waals surface area contributed by atoms with Crippen LogP contribution in [0, 0.1) is 0 Å². The number of para-hydroxylation sites is 2. The van der Waals surface area contributed by atoms with Gasteiger partial charge in [0.05, 0.1) is 31.3 Å². The quantitative estimate of drug-likeness (QED) is 0.155. The van der Waals surface area contributed by atoms with Crippen molar-refractivity contribution in [3.8, 4) is 0 Å². The van der Waals surface area contributed by atoms with E-state index in [0.717, 1.165) is 44.8 Å². The Balaban J connectivity index is 0.000000169. The number of nitrogens with zero attached hydrogens (tertiary/aromatic N) is 2. The molecule has 0 saturated heterocycles. The number of carbonyl (C=O) groups is 4. The summed E-state index contributed by atoms with van der Waals surface area (Å²) in [5.41, 5.74) is 9.26. The normalized spacial score (nSPS) is 12.9. The number of carboxylic acids is 1. The summed E-state index contributed by atoms with van der Waals surface area (Å²) in [7, 11) is 1.35. The van der Waals surface area contributed by atoms with Crippen molar-refractivity contribution in [3.05, 3.63) is 199 Å². The number of benzene rings is 6. The second-order valence-electron chi connectivity index (χ2n) is 13.2. The molecule has 2 amide bonds. The number of rotatable bonds is 8. The Morgan fingerprint density at radius 1 is 0.600 bits per heavy atom. The molecule has 2 aliphatic heterocycles. The fraction of sp³-hybridized carbons (Fsp3) is 0.111. The van der Waals surface area contributed by atoms with E-state index < -0.39 is 11.9 Å². The van der Waals surface area contributed by atoms with E-state index in [0.29, 0.717) is 52.7 Å². The van der Waals surface area contributed by atoms with Gasteiger partial charge in [0.15, 0.2) is 0 Å². The molecule has 0 saturated carbocycles. The smallest absolute Gasteiger partial charge is 0.338 e. The van der Waals surface area contributed by atoms with Crippen LogP contribution in [-0.4, -0.2) is 36.0 Å². The first-order chi connectivity index (χ1) is 26.6. The van der Waals surface area contributed by atoms with E-state index in [1.165, 1.54) is 13.2 Å². The Bertz CT molecular complexity index is 2450. The molecule has 8 rings (SSSR count). The first-order valence-electron chi connectivity index (χ1n) is 17.5. The molecule has 0 spiro atoms. The fourth-order valence-electron chi connectivity index (χ4n) is 6.95. The summed E-state index contributed by atoms with van der Waals surface area (Å²) in [4.78, 5) is 52.5. The van der Waals surface area contributed by atoms with Gasteiger partial charge in [0, 0.05) is 32.5 Å². The molecule has 0 unspecified atom stereocenters. The van der Waals surface area contributed by atoms with Gasteiger partial charge in [0.2, 0.25) is 0 Å². The monoisotopic (exact) mass is 768 g/mol. The summed E-state index contributed by atoms with van der Waals surface area (Å²) in [6.45, 7) is 1.05. The van der Waals surface area contributed by atoms with Crippen molar-refractivity contribution in [2.45, 2.75) is 25.9 Å². The van der Waals surface area contributed by atoms with Gasteiger partial charge in [-0.1, -0.05) is 96.0 Å². The third-order valence-electron chi connectivity index (χ3n) is 9.65. The summed E-state index contributed by atoms with van der Waals surface area (Å²) in [6.07, 6.45) is 1.01. The maximum absolute atomic E-state index is 12.7. The van der Waals surface area contributed by atoms with E-state index in [1.54, 1.807) is 34.1 Å². The summed E-state index contributed by atoms with van der Waals surface area (Å²) in [6, 6.07) is 40.8. The van der Waals surface area contributed by atoms with E-state index in [9.17, 15) is 24.3 Å². The van der Waals surface area contributed by atoms with Gasteiger partial charge in [-0.3, -0.25) is 9.59 Å². The van der Waals surface area contributed by atoms with Crippen molar-refractivity contribution < 1.29 is 29.0 Å². The summed E-state index contributed by atoms with van der Waals surface area (Å²) in [5, 5.41) is 10.3. The molecule has 0 atom stereocenters. The first kappa shape index (κ1) is 37.1. The second kappa shape index (κ2) is 16.0. The Hall–Kier alpha value is -6.22. The SMILES string of the molecule is COC(=O)c1cc(Cl)ccc1Cc1ccc2c(c1)CN(c1ccccc1)C2=O.O=C(O)c1cc(Cl)ccc1Cc1ccc2c(c1)CN(c1ccccc1)C2=O. The van der Waals surface area contributed by atoms with E-state index in [4.69, 9.17) is 27.9 Å². The van der Waals surface area contributed by atoms with Crippen molar-refractivity contribution in [1.29, 1.82) is 0 Å².